The summed E-state index contributed by atoms with van der Waals surface area (Å²) in [5.74, 6) is 0. The summed E-state index contributed by atoms with van der Waals surface area (Å²) in [6.45, 7) is 5.39. The minimum atomic E-state index is 0.249. The number of aliphatic hydroxyl groups excluding tert-OH is 1. The first-order valence-electron chi connectivity index (χ1n) is 4.59. The van der Waals surface area contributed by atoms with Gasteiger partial charge in [-0.1, -0.05) is 0 Å². The number of methoxy groups -OCH3 is 1. The second-order valence-electron chi connectivity index (χ2n) is 3.11. The maximum absolute atomic E-state index is 8.53. The Kier molecular flexibility index (Phi) is 7.45. The molecule has 0 heterocycles. The first-order chi connectivity index (χ1) is 5.72. The summed E-state index contributed by atoms with van der Waals surface area (Å²) < 4.78 is 5.16. The van der Waals surface area contributed by atoms with Crippen LogP contribution in [0.4, 0.5) is 0 Å². The minimum Gasteiger partial charge on any atom is -0.396 e. The quantitative estimate of drug-likeness (QED) is 0.562. The summed E-state index contributed by atoms with van der Waals surface area (Å²) in [6, 6.07) is 0.383. The molecule has 0 saturated carbocycles. The molecular weight excluding hydrogens is 154 g/mol. The first-order valence-corrected chi connectivity index (χ1v) is 4.59. The summed E-state index contributed by atoms with van der Waals surface area (Å²) in [5, 5.41) is 11.9. The Morgan fingerprint density at radius 2 is 2.00 bits per heavy atom. The van der Waals surface area contributed by atoms with Gasteiger partial charge >= 0.3 is 0 Å². The molecule has 0 aromatic carbocycles. The van der Waals surface area contributed by atoms with Crippen LogP contribution < -0.4 is 5.32 Å². The van der Waals surface area contributed by atoms with Crippen molar-refractivity contribution in [3.05, 3.63) is 0 Å². The Morgan fingerprint density at radius 3 is 2.50 bits per heavy atom. The Balaban J connectivity index is 3.24. The molecule has 0 aromatic rings. The number of nitrogens with one attached hydrogen (secondary N) is 1. The Labute approximate surface area is 75.1 Å². The van der Waals surface area contributed by atoms with Crippen LogP contribution in [0, 0.1) is 0 Å². The van der Waals surface area contributed by atoms with Gasteiger partial charge in [0.15, 0.2) is 0 Å². The second kappa shape index (κ2) is 7.53. The van der Waals surface area contributed by atoms with Gasteiger partial charge in [0.05, 0.1) is 6.10 Å². The summed E-state index contributed by atoms with van der Waals surface area (Å²) >= 11 is 0. The standard InChI is InChI=1S/C9H21NO2/c1-8(9(2)12-3)10-6-4-5-7-11/h8-11H,4-7H2,1-3H3. The van der Waals surface area contributed by atoms with Gasteiger partial charge in [-0.2, -0.15) is 0 Å². The molecule has 0 aliphatic heterocycles. The number of ether oxygens (including phenoxy) is 1. The van der Waals surface area contributed by atoms with E-state index in [4.69, 9.17) is 9.84 Å². The maximum Gasteiger partial charge on any atom is 0.0693 e. The fourth-order valence-corrected chi connectivity index (χ4v) is 0.937. The lowest BCUT2D eigenvalue weighted by atomic mass is 10.2. The van der Waals surface area contributed by atoms with Gasteiger partial charge in [-0.05, 0) is 33.2 Å². The highest BCUT2D eigenvalue weighted by molar-refractivity contribution is 4.67. The Bertz CT molecular complexity index is 98.5. The van der Waals surface area contributed by atoms with Crippen molar-refractivity contribution in [1.82, 2.24) is 5.32 Å². The zero-order valence-electron chi connectivity index (χ0n) is 8.34. The smallest absolute Gasteiger partial charge is 0.0693 e. The molecule has 0 rings (SSSR count). The van der Waals surface area contributed by atoms with Crippen LogP contribution >= 0.6 is 0 Å². The van der Waals surface area contributed by atoms with Crippen molar-refractivity contribution >= 4 is 0 Å². The average Bonchev–Trinajstić information content (AvgIpc) is 2.10. The highest BCUT2D eigenvalue weighted by Crippen LogP contribution is 1.96. The second-order valence-corrected chi connectivity index (χ2v) is 3.11. The molecule has 0 spiro atoms. The monoisotopic (exact) mass is 175 g/mol. The number of hydrogen-bond donors (Lipinski definition) is 2. The predicted octanol–water partition coefficient (Wildman–Crippen LogP) is 0.772. The summed E-state index contributed by atoms with van der Waals surface area (Å²) in [6.07, 6.45) is 2.15. The van der Waals surface area contributed by atoms with Gasteiger partial charge in [0.1, 0.15) is 0 Å². The molecule has 0 saturated heterocycles. The minimum absolute atomic E-state index is 0.249. The zero-order chi connectivity index (χ0) is 9.40. The van der Waals surface area contributed by atoms with E-state index in [0.717, 1.165) is 19.4 Å². The van der Waals surface area contributed by atoms with Crippen LogP contribution in [0.1, 0.15) is 26.7 Å². The van der Waals surface area contributed by atoms with Crippen molar-refractivity contribution in [2.45, 2.75) is 38.8 Å². The van der Waals surface area contributed by atoms with E-state index < -0.39 is 0 Å². The number of hydrogen-bond acceptors (Lipinski definition) is 3. The van der Waals surface area contributed by atoms with Crippen LogP contribution in [0.25, 0.3) is 0 Å². The molecule has 2 N–H and O–H groups in total. The molecule has 3 nitrogen and oxygen atoms in total. The van der Waals surface area contributed by atoms with Crippen LogP contribution in [0.2, 0.25) is 0 Å². The fraction of sp³-hybridized carbons (Fsp3) is 1.00. The van der Waals surface area contributed by atoms with Gasteiger partial charge < -0.3 is 15.2 Å². The maximum atomic E-state index is 8.53. The van der Waals surface area contributed by atoms with Crippen molar-refractivity contribution in [3.63, 3.8) is 0 Å². The Hall–Kier alpha value is -0.120. The van der Waals surface area contributed by atoms with Crippen LogP contribution in [0.3, 0.4) is 0 Å². The van der Waals surface area contributed by atoms with E-state index in [9.17, 15) is 0 Å². The first kappa shape index (κ1) is 11.9. The molecule has 12 heavy (non-hydrogen) atoms. The lowest BCUT2D eigenvalue weighted by Gasteiger charge is -2.19. The normalized spacial score (nSPS) is 16.0. The van der Waals surface area contributed by atoms with Crippen molar-refractivity contribution in [2.75, 3.05) is 20.3 Å². The van der Waals surface area contributed by atoms with E-state index in [1.165, 1.54) is 0 Å². The molecule has 0 radical (unpaired) electrons. The molecule has 3 heteroatoms. The van der Waals surface area contributed by atoms with Gasteiger partial charge in [-0.3, -0.25) is 0 Å². The van der Waals surface area contributed by atoms with Crippen LogP contribution in [-0.4, -0.2) is 37.5 Å². The third-order valence-electron chi connectivity index (χ3n) is 2.13. The SMILES string of the molecule is COC(C)C(C)NCCCCO. The topological polar surface area (TPSA) is 41.5 Å². The van der Waals surface area contributed by atoms with Gasteiger partial charge in [0.25, 0.3) is 0 Å². The van der Waals surface area contributed by atoms with Gasteiger partial charge in [-0.15, -0.1) is 0 Å². The van der Waals surface area contributed by atoms with E-state index in [1.54, 1.807) is 7.11 Å². The van der Waals surface area contributed by atoms with E-state index in [2.05, 4.69) is 12.2 Å². The number of aliphatic hydroxyl groups is 1. The highest BCUT2D eigenvalue weighted by Gasteiger charge is 2.08. The molecule has 0 fully saturated rings. The predicted molar refractivity (Wildman–Crippen MR) is 50.3 cm³/mol. The molecule has 2 unspecified atom stereocenters. The Morgan fingerprint density at radius 1 is 1.33 bits per heavy atom. The van der Waals surface area contributed by atoms with E-state index in [-0.39, 0.29) is 12.7 Å². The van der Waals surface area contributed by atoms with Crippen molar-refractivity contribution in [2.24, 2.45) is 0 Å². The number of rotatable bonds is 7. The summed E-state index contributed by atoms with van der Waals surface area (Å²) in [4.78, 5) is 0. The molecule has 0 bridgehead atoms. The summed E-state index contributed by atoms with van der Waals surface area (Å²) in [7, 11) is 1.72. The zero-order valence-corrected chi connectivity index (χ0v) is 8.34. The molecule has 0 aromatic heterocycles. The molecular formula is C9H21NO2. The average molecular weight is 175 g/mol. The summed E-state index contributed by atoms with van der Waals surface area (Å²) in [5.41, 5.74) is 0. The molecule has 74 valence electrons. The molecule has 0 aliphatic rings. The van der Waals surface area contributed by atoms with Crippen molar-refractivity contribution < 1.29 is 9.84 Å². The fourth-order valence-electron chi connectivity index (χ4n) is 0.937. The van der Waals surface area contributed by atoms with Crippen molar-refractivity contribution in [3.8, 4) is 0 Å². The van der Waals surface area contributed by atoms with Gasteiger partial charge in [0.2, 0.25) is 0 Å². The van der Waals surface area contributed by atoms with Gasteiger partial charge in [-0.25, -0.2) is 0 Å². The lowest BCUT2D eigenvalue weighted by molar-refractivity contribution is 0.0885. The lowest BCUT2D eigenvalue weighted by Crippen LogP contribution is -2.37. The third kappa shape index (κ3) is 5.52. The number of unbranched alkanes of at least 4 members (excludes halogenated alkanes) is 1. The largest absolute Gasteiger partial charge is 0.396 e. The third-order valence-corrected chi connectivity index (χ3v) is 2.13. The van der Waals surface area contributed by atoms with Crippen molar-refractivity contribution in [1.29, 1.82) is 0 Å². The van der Waals surface area contributed by atoms with E-state index >= 15 is 0 Å². The van der Waals surface area contributed by atoms with Crippen LogP contribution in [0.15, 0.2) is 0 Å². The van der Waals surface area contributed by atoms with E-state index in [0.29, 0.717) is 6.04 Å². The van der Waals surface area contributed by atoms with Crippen LogP contribution in [0.5, 0.6) is 0 Å². The molecule has 0 aliphatic carbocycles. The van der Waals surface area contributed by atoms with Crippen LogP contribution in [-0.2, 0) is 4.74 Å². The molecule has 2 atom stereocenters. The van der Waals surface area contributed by atoms with E-state index in [1.807, 2.05) is 6.92 Å². The van der Waals surface area contributed by atoms with Gasteiger partial charge in [0, 0.05) is 19.8 Å². The molecule has 0 amide bonds. The highest BCUT2D eigenvalue weighted by atomic mass is 16.5.